The molecule has 0 aliphatic heterocycles. The number of amides is 1. The van der Waals surface area contributed by atoms with Gasteiger partial charge in [-0.15, -0.1) is 0 Å². The number of rotatable bonds is 5. The van der Waals surface area contributed by atoms with Gasteiger partial charge in [0.05, 0.1) is 18.4 Å². The van der Waals surface area contributed by atoms with Crippen LogP contribution in [-0.4, -0.2) is 29.0 Å². The molecule has 1 aromatic carbocycles. The average Bonchev–Trinajstić information content (AvgIpc) is 2.66. The Labute approximate surface area is 158 Å². The number of carbonyl (C=O) groups excluding carboxylic acids is 1. The minimum absolute atomic E-state index is 0.122. The van der Waals surface area contributed by atoms with Crippen LogP contribution in [0.5, 0.6) is 5.75 Å². The van der Waals surface area contributed by atoms with E-state index >= 15 is 0 Å². The van der Waals surface area contributed by atoms with E-state index in [-0.39, 0.29) is 11.9 Å². The zero-order valence-electron chi connectivity index (χ0n) is 15.0. The Bertz CT molecular complexity index is 774. The molecule has 7 heteroatoms. The van der Waals surface area contributed by atoms with Crippen LogP contribution in [0.25, 0.3) is 0 Å². The molecule has 0 radical (unpaired) electrons. The molecule has 6 nitrogen and oxygen atoms in total. The monoisotopic (exact) mass is 374 g/mol. The summed E-state index contributed by atoms with van der Waals surface area (Å²) in [6, 6.07) is 3.87. The highest BCUT2D eigenvalue weighted by molar-refractivity contribution is 6.31. The standard InChI is InChI=1S/C19H23ClN4O2/c1-12-8-16(17(26-2)9-15(12)20)24-19-21-10-13(11-22-19)18(25)23-14-6-4-3-5-7-14/h8-11,14H,3-7H2,1-2H3,(H,23,25)(H,21,22,24). The topological polar surface area (TPSA) is 76.1 Å². The molecule has 0 spiro atoms. The maximum atomic E-state index is 12.3. The third-order valence-corrected chi connectivity index (χ3v) is 4.99. The molecule has 3 rings (SSSR count). The van der Waals surface area contributed by atoms with Crippen LogP contribution >= 0.6 is 11.6 Å². The molecule has 0 saturated heterocycles. The predicted octanol–water partition coefficient (Wildman–Crippen LogP) is 4.25. The van der Waals surface area contributed by atoms with Crippen LogP contribution in [0, 0.1) is 6.92 Å². The Hall–Kier alpha value is -2.34. The van der Waals surface area contributed by atoms with Crippen LogP contribution in [0.2, 0.25) is 5.02 Å². The van der Waals surface area contributed by atoms with E-state index < -0.39 is 0 Å². The number of hydrogen-bond donors (Lipinski definition) is 2. The molecular formula is C19H23ClN4O2. The summed E-state index contributed by atoms with van der Waals surface area (Å²) in [5, 5.41) is 6.79. The number of halogens is 1. The normalized spacial score (nSPS) is 14.7. The van der Waals surface area contributed by atoms with E-state index in [1.54, 1.807) is 13.2 Å². The van der Waals surface area contributed by atoms with E-state index in [4.69, 9.17) is 16.3 Å². The number of nitrogens with one attached hydrogen (secondary N) is 2. The summed E-state index contributed by atoms with van der Waals surface area (Å²) in [4.78, 5) is 20.8. The fraction of sp³-hybridized carbons (Fsp3) is 0.421. The molecule has 0 bridgehead atoms. The number of methoxy groups -OCH3 is 1. The Balaban J connectivity index is 1.68. The van der Waals surface area contributed by atoms with Crippen LogP contribution in [0.15, 0.2) is 24.5 Å². The molecule has 1 saturated carbocycles. The third-order valence-electron chi connectivity index (χ3n) is 4.58. The van der Waals surface area contributed by atoms with Gasteiger partial charge >= 0.3 is 0 Å². The van der Waals surface area contributed by atoms with Gasteiger partial charge in [-0.05, 0) is 31.4 Å². The molecule has 1 fully saturated rings. The number of anilines is 2. The number of aryl methyl sites for hydroxylation is 1. The lowest BCUT2D eigenvalue weighted by Gasteiger charge is -2.22. The van der Waals surface area contributed by atoms with E-state index in [1.807, 2.05) is 13.0 Å². The van der Waals surface area contributed by atoms with Gasteiger partial charge in [-0.25, -0.2) is 9.97 Å². The molecule has 2 aromatic rings. The van der Waals surface area contributed by atoms with Crippen molar-refractivity contribution in [3.05, 3.63) is 40.7 Å². The minimum Gasteiger partial charge on any atom is -0.495 e. The van der Waals surface area contributed by atoms with Crippen LogP contribution in [0.3, 0.4) is 0 Å². The van der Waals surface area contributed by atoms with Crippen LogP contribution in [0.4, 0.5) is 11.6 Å². The molecule has 0 atom stereocenters. The third kappa shape index (κ3) is 4.43. The number of nitrogens with zero attached hydrogens (tertiary/aromatic N) is 2. The molecule has 1 aliphatic carbocycles. The fourth-order valence-electron chi connectivity index (χ4n) is 3.08. The number of carbonyl (C=O) groups is 1. The van der Waals surface area contributed by atoms with Crippen molar-refractivity contribution >= 4 is 29.1 Å². The Morgan fingerprint density at radius 3 is 2.54 bits per heavy atom. The van der Waals surface area contributed by atoms with Gasteiger partial charge in [0.1, 0.15) is 5.75 Å². The quantitative estimate of drug-likeness (QED) is 0.818. The highest BCUT2D eigenvalue weighted by atomic mass is 35.5. The van der Waals surface area contributed by atoms with Gasteiger partial charge < -0.3 is 15.4 Å². The van der Waals surface area contributed by atoms with Crippen molar-refractivity contribution in [3.8, 4) is 5.75 Å². The minimum atomic E-state index is -0.122. The van der Waals surface area contributed by atoms with Crippen LogP contribution in [-0.2, 0) is 0 Å². The maximum absolute atomic E-state index is 12.3. The second-order valence-corrected chi connectivity index (χ2v) is 6.94. The molecule has 1 aromatic heterocycles. The van der Waals surface area contributed by atoms with Crippen molar-refractivity contribution in [2.75, 3.05) is 12.4 Å². The van der Waals surface area contributed by atoms with Crippen molar-refractivity contribution in [2.45, 2.75) is 45.1 Å². The lowest BCUT2D eigenvalue weighted by molar-refractivity contribution is 0.0927. The predicted molar refractivity (Wildman–Crippen MR) is 102 cm³/mol. The Morgan fingerprint density at radius 1 is 1.19 bits per heavy atom. The van der Waals surface area contributed by atoms with Gasteiger partial charge in [-0.3, -0.25) is 4.79 Å². The summed E-state index contributed by atoms with van der Waals surface area (Å²) < 4.78 is 5.33. The van der Waals surface area contributed by atoms with Gasteiger partial charge in [0, 0.05) is 29.5 Å². The first kappa shape index (κ1) is 18.5. The summed E-state index contributed by atoms with van der Waals surface area (Å²) in [6.45, 7) is 1.91. The van der Waals surface area contributed by atoms with Crippen molar-refractivity contribution in [1.29, 1.82) is 0 Å². The van der Waals surface area contributed by atoms with Crippen LogP contribution in [0.1, 0.15) is 48.0 Å². The second kappa shape index (κ2) is 8.36. The number of aromatic nitrogens is 2. The maximum Gasteiger partial charge on any atom is 0.254 e. The first-order chi connectivity index (χ1) is 12.6. The summed E-state index contributed by atoms with van der Waals surface area (Å²) in [6.07, 6.45) is 8.75. The van der Waals surface area contributed by atoms with E-state index in [0.717, 1.165) is 18.4 Å². The number of hydrogen-bond acceptors (Lipinski definition) is 5. The molecule has 26 heavy (non-hydrogen) atoms. The summed E-state index contributed by atoms with van der Waals surface area (Å²) >= 11 is 6.12. The van der Waals surface area contributed by atoms with E-state index in [9.17, 15) is 4.79 Å². The largest absolute Gasteiger partial charge is 0.495 e. The first-order valence-corrected chi connectivity index (χ1v) is 9.18. The average molecular weight is 375 g/mol. The van der Waals surface area contributed by atoms with Gasteiger partial charge in [-0.1, -0.05) is 30.9 Å². The lowest BCUT2D eigenvalue weighted by Crippen LogP contribution is -2.36. The molecular weight excluding hydrogens is 352 g/mol. The highest BCUT2D eigenvalue weighted by Crippen LogP contribution is 2.32. The molecule has 138 valence electrons. The highest BCUT2D eigenvalue weighted by Gasteiger charge is 2.17. The second-order valence-electron chi connectivity index (χ2n) is 6.53. The van der Waals surface area contributed by atoms with Gasteiger partial charge in [0.25, 0.3) is 5.91 Å². The Kier molecular flexibility index (Phi) is 5.93. The van der Waals surface area contributed by atoms with Crippen molar-refractivity contribution < 1.29 is 9.53 Å². The zero-order chi connectivity index (χ0) is 18.5. The molecule has 0 unspecified atom stereocenters. The smallest absolute Gasteiger partial charge is 0.254 e. The molecule has 1 heterocycles. The van der Waals surface area contributed by atoms with E-state index in [1.165, 1.54) is 31.7 Å². The van der Waals surface area contributed by atoms with E-state index in [0.29, 0.717) is 28.0 Å². The van der Waals surface area contributed by atoms with Crippen LogP contribution < -0.4 is 15.4 Å². The first-order valence-electron chi connectivity index (χ1n) is 8.81. The summed E-state index contributed by atoms with van der Waals surface area (Å²) in [5.74, 6) is 0.867. The molecule has 1 amide bonds. The van der Waals surface area contributed by atoms with Crippen molar-refractivity contribution in [2.24, 2.45) is 0 Å². The summed E-state index contributed by atoms with van der Waals surface area (Å²) in [5.41, 5.74) is 2.09. The number of benzene rings is 1. The van der Waals surface area contributed by atoms with Gasteiger partial charge in [0.2, 0.25) is 5.95 Å². The lowest BCUT2D eigenvalue weighted by atomic mass is 9.95. The van der Waals surface area contributed by atoms with Gasteiger partial charge in [0.15, 0.2) is 0 Å². The number of ether oxygens (including phenoxy) is 1. The summed E-state index contributed by atoms with van der Waals surface area (Å²) in [7, 11) is 1.58. The molecule has 2 N–H and O–H groups in total. The van der Waals surface area contributed by atoms with Crippen molar-refractivity contribution in [3.63, 3.8) is 0 Å². The van der Waals surface area contributed by atoms with Crippen molar-refractivity contribution in [1.82, 2.24) is 15.3 Å². The molecule has 1 aliphatic rings. The van der Waals surface area contributed by atoms with E-state index in [2.05, 4.69) is 20.6 Å². The fourth-order valence-corrected chi connectivity index (χ4v) is 3.23. The SMILES string of the molecule is COc1cc(Cl)c(C)cc1Nc1ncc(C(=O)NC2CCCCC2)cn1. The zero-order valence-corrected chi connectivity index (χ0v) is 15.8. The van der Waals surface area contributed by atoms with Gasteiger partial charge in [-0.2, -0.15) is 0 Å². The Morgan fingerprint density at radius 2 is 1.88 bits per heavy atom.